The number of benzene rings is 1. The molecule has 1 amide bonds. The Balaban J connectivity index is 2.62. The molecule has 3 nitrogen and oxygen atoms in total. The molecule has 0 aromatic heterocycles. The molecule has 0 saturated carbocycles. The van der Waals surface area contributed by atoms with Crippen LogP contribution in [0.2, 0.25) is 0 Å². The maximum Gasteiger partial charge on any atom is 0.262 e. The summed E-state index contributed by atoms with van der Waals surface area (Å²) < 4.78 is 5.55. The second-order valence-electron chi connectivity index (χ2n) is 3.99. The summed E-state index contributed by atoms with van der Waals surface area (Å²) in [5.74, 6) is 0.708. The predicted octanol–water partition coefficient (Wildman–Crippen LogP) is 2.10. The van der Waals surface area contributed by atoms with Gasteiger partial charge in [-0.2, -0.15) is 0 Å². The van der Waals surface area contributed by atoms with E-state index in [1.54, 1.807) is 21.0 Å². The zero-order valence-corrected chi connectivity index (χ0v) is 10.4. The molecule has 3 heteroatoms. The number of amides is 1. The number of carbonyl (C=O) groups is 1. The first-order valence-corrected chi connectivity index (χ1v) is 5.51. The van der Waals surface area contributed by atoms with Crippen LogP contribution in [0.15, 0.2) is 24.3 Å². The van der Waals surface area contributed by atoms with Crippen molar-refractivity contribution in [3.05, 3.63) is 29.8 Å². The first-order valence-electron chi connectivity index (χ1n) is 5.51. The highest BCUT2D eigenvalue weighted by molar-refractivity contribution is 5.80. The van der Waals surface area contributed by atoms with Crippen LogP contribution in [-0.4, -0.2) is 31.0 Å². The molecule has 0 heterocycles. The van der Waals surface area contributed by atoms with Gasteiger partial charge in [0.25, 0.3) is 5.91 Å². The molecule has 0 aliphatic heterocycles. The highest BCUT2D eigenvalue weighted by Gasteiger charge is 2.16. The van der Waals surface area contributed by atoms with Crippen molar-refractivity contribution in [1.29, 1.82) is 0 Å². The zero-order valence-electron chi connectivity index (χ0n) is 10.4. The summed E-state index contributed by atoms with van der Waals surface area (Å²) in [6.45, 7) is 3.87. The fourth-order valence-electron chi connectivity index (χ4n) is 1.42. The Morgan fingerprint density at radius 1 is 1.31 bits per heavy atom. The van der Waals surface area contributed by atoms with Crippen molar-refractivity contribution in [2.24, 2.45) is 0 Å². The lowest BCUT2D eigenvalue weighted by atomic mass is 10.2. The lowest BCUT2D eigenvalue weighted by Gasteiger charge is -2.18. The quantitative estimate of drug-likeness (QED) is 0.779. The zero-order chi connectivity index (χ0) is 12.1. The van der Waals surface area contributed by atoms with E-state index in [1.807, 2.05) is 24.3 Å². The van der Waals surface area contributed by atoms with Crippen LogP contribution in [0.1, 0.15) is 19.4 Å². The summed E-state index contributed by atoms with van der Waals surface area (Å²) >= 11 is 0. The summed E-state index contributed by atoms with van der Waals surface area (Å²) in [5.41, 5.74) is 1.26. The van der Waals surface area contributed by atoms with Crippen LogP contribution >= 0.6 is 0 Å². The van der Waals surface area contributed by atoms with Gasteiger partial charge in [-0.3, -0.25) is 4.79 Å². The van der Waals surface area contributed by atoms with Crippen LogP contribution in [0.4, 0.5) is 0 Å². The molecular weight excluding hydrogens is 202 g/mol. The minimum absolute atomic E-state index is 0.0282. The van der Waals surface area contributed by atoms with E-state index < -0.39 is 6.10 Å². The van der Waals surface area contributed by atoms with Gasteiger partial charge in [-0.15, -0.1) is 0 Å². The molecule has 1 aromatic carbocycles. The minimum atomic E-state index is -0.442. The molecule has 88 valence electrons. The molecule has 0 bridgehead atoms. The van der Waals surface area contributed by atoms with E-state index in [2.05, 4.69) is 6.92 Å². The average molecular weight is 221 g/mol. The van der Waals surface area contributed by atoms with Gasteiger partial charge in [0.05, 0.1) is 0 Å². The van der Waals surface area contributed by atoms with Crippen LogP contribution in [0.25, 0.3) is 0 Å². The summed E-state index contributed by atoms with van der Waals surface area (Å²) in [6, 6.07) is 7.83. The van der Waals surface area contributed by atoms with E-state index in [0.29, 0.717) is 0 Å². The molecule has 0 fully saturated rings. The average Bonchev–Trinajstić information content (AvgIpc) is 2.28. The fraction of sp³-hybridized carbons (Fsp3) is 0.462. The molecule has 1 aromatic rings. The lowest BCUT2D eigenvalue weighted by molar-refractivity contribution is -0.135. The number of carbonyl (C=O) groups excluding carboxylic acids is 1. The van der Waals surface area contributed by atoms with Crippen molar-refractivity contribution in [2.45, 2.75) is 26.4 Å². The first kappa shape index (κ1) is 12.6. The number of likely N-dealkylation sites (N-methyl/N-ethyl adjacent to an activating group) is 1. The van der Waals surface area contributed by atoms with Crippen molar-refractivity contribution in [3.63, 3.8) is 0 Å². The van der Waals surface area contributed by atoms with E-state index in [0.717, 1.165) is 12.2 Å². The van der Waals surface area contributed by atoms with Crippen molar-refractivity contribution in [2.75, 3.05) is 14.1 Å². The summed E-state index contributed by atoms with van der Waals surface area (Å²) in [4.78, 5) is 13.1. The maximum atomic E-state index is 11.6. The van der Waals surface area contributed by atoms with E-state index in [9.17, 15) is 4.79 Å². The molecule has 0 N–H and O–H groups in total. The Morgan fingerprint density at radius 2 is 1.88 bits per heavy atom. The molecule has 1 atom stereocenters. The third-order valence-corrected chi connectivity index (χ3v) is 2.43. The normalized spacial score (nSPS) is 12.0. The van der Waals surface area contributed by atoms with Crippen LogP contribution in [0, 0.1) is 0 Å². The smallest absolute Gasteiger partial charge is 0.262 e. The third kappa shape index (κ3) is 3.26. The van der Waals surface area contributed by atoms with Gasteiger partial charge in [-0.1, -0.05) is 19.1 Å². The van der Waals surface area contributed by atoms with Crippen molar-refractivity contribution < 1.29 is 9.53 Å². The van der Waals surface area contributed by atoms with Crippen LogP contribution < -0.4 is 4.74 Å². The number of rotatable bonds is 4. The molecule has 0 spiro atoms. The van der Waals surface area contributed by atoms with Crippen molar-refractivity contribution >= 4 is 5.91 Å². The molecule has 1 unspecified atom stereocenters. The SMILES string of the molecule is CCc1ccc(OC(C)C(=O)N(C)C)cc1. The number of aryl methyl sites for hydroxylation is 1. The van der Waals surface area contributed by atoms with Crippen LogP contribution in [0.3, 0.4) is 0 Å². The van der Waals surface area contributed by atoms with E-state index in [-0.39, 0.29) is 5.91 Å². The van der Waals surface area contributed by atoms with Gasteiger partial charge < -0.3 is 9.64 Å². The molecule has 16 heavy (non-hydrogen) atoms. The van der Waals surface area contributed by atoms with Gasteiger partial charge in [0.2, 0.25) is 0 Å². The third-order valence-electron chi connectivity index (χ3n) is 2.43. The van der Waals surface area contributed by atoms with E-state index in [4.69, 9.17) is 4.74 Å². The highest BCUT2D eigenvalue weighted by Crippen LogP contribution is 2.14. The summed E-state index contributed by atoms with van der Waals surface area (Å²) in [6.07, 6.45) is 0.564. The fourth-order valence-corrected chi connectivity index (χ4v) is 1.42. The monoisotopic (exact) mass is 221 g/mol. The summed E-state index contributed by atoms with van der Waals surface area (Å²) in [7, 11) is 3.45. The molecule has 0 radical (unpaired) electrons. The molecule has 0 aliphatic rings. The van der Waals surface area contributed by atoms with Crippen LogP contribution in [0.5, 0.6) is 5.75 Å². The number of hydrogen-bond acceptors (Lipinski definition) is 2. The number of hydrogen-bond donors (Lipinski definition) is 0. The molecule has 0 saturated heterocycles. The van der Waals surface area contributed by atoms with Crippen molar-refractivity contribution in [3.8, 4) is 5.75 Å². The Bertz CT molecular complexity index is 343. The van der Waals surface area contributed by atoms with Gasteiger partial charge in [0.15, 0.2) is 6.10 Å². The Morgan fingerprint density at radius 3 is 2.31 bits per heavy atom. The largest absolute Gasteiger partial charge is 0.481 e. The molecule has 0 aliphatic carbocycles. The van der Waals surface area contributed by atoms with E-state index in [1.165, 1.54) is 10.5 Å². The lowest BCUT2D eigenvalue weighted by Crippen LogP contribution is -2.35. The Kier molecular flexibility index (Phi) is 4.35. The molecular formula is C13H19NO2. The number of nitrogens with zero attached hydrogens (tertiary/aromatic N) is 1. The van der Waals surface area contributed by atoms with Gasteiger partial charge >= 0.3 is 0 Å². The highest BCUT2D eigenvalue weighted by atomic mass is 16.5. The van der Waals surface area contributed by atoms with Gasteiger partial charge in [-0.05, 0) is 31.0 Å². The topological polar surface area (TPSA) is 29.5 Å². The standard InChI is InChI=1S/C13H19NO2/c1-5-11-6-8-12(9-7-11)16-10(2)13(15)14(3)4/h6-10H,5H2,1-4H3. The second kappa shape index (κ2) is 5.54. The van der Waals surface area contributed by atoms with E-state index >= 15 is 0 Å². The van der Waals surface area contributed by atoms with Gasteiger partial charge in [-0.25, -0.2) is 0 Å². The summed E-state index contributed by atoms with van der Waals surface area (Å²) in [5, 5.41) is 0. The Hall–Kier alpha value is -1.51. The number of ether oxygens (including phenoxy) is 1. The van der Waals surface area contributed by atoms with Crippen LogP contribution in [-0.2, 0) is 11.2 Å². The first-order chi connectivity index (χ1) is 7.54. The maximum absolute atomic E-state index is 11.6. The minimum Gasteiger partial charge on any atom is -0.481 e. The van der Waals surface area contributed by atoms with Gasteiger partial charge in [0.1, 0.15) is 5.75 Å². The Labute approximate surface area is 97.0 Å². The van der Waals surface area contributed by atoms with Crippen molar-refractivity contribution in [1.82, 2.24) is 4.90 Å². The second-order valence-corrected chi connectivity index (χ2v) is 3.99. The molecule has 1 rings (SSSR count). The van der Waals surface area contributed by atoms with Gasteiger partial charge in [0, 0.05) is 14.1 Å². The predicted molar refractivity (Wildman–Crippen MR) is 64.6 cm³/mol.